The van der Waals surface area contributed by atoms with Crippen LogP contribution in [0.5, 0.6) is 0 Å². The minimum absolute atomic E-state index is 0.0193. The molecule has 0 saturated carbocycles. The van der Waals surface area contributed by atoms with Crippen molar-refractivity contribution in [1.82, 2.24) is 4.98 Å². The quantitative estimate of drug-likeness (QED) is 0.673. The highest BCUT2D eigenvalue weighted by Crippen LogP contribution is 2.37. The molecular formula is C12H8BrClF3NO. The topological polar surface area (TPSA) is 26.0 Å². The van der Waals surface area contributed by atoms with E-state index in [0.717, 1.165) is 6.07 Å². The van der Waals surface area contributed by atoms with Gasteiger partial charge in [0, 0.05) is 10.0 Å². The van der Waals surface area contributed by atoms with Crippen LogP contribution in [-0.4, -0.2) is 4.98 Å². The third-order valence-electron chi connectivity index (χ3n) is 2.42. The van der Waals surface area contributed by atoms with Crippen LogP contribution >= 0.6 is 27.5 Å². The van der Waals surface area contributed by atoms with Crippen molar-refractivity contribution in [2.24, 2.45) is 0 Å². The van der Waals surface area contributed by atoms with E-state index in [9.17, 15) is 13.2 Å². The van der Waals surface area contributed by atoms with Crippen LogP contribution < -0.4 is 0 Å². The molecule has 2 nitrogen and oxygen atoms in total. The maximum Gasteiger partial charge on any atom is 0.417 e. The van der Waals surface area contributed by atoms with Crippen LogP contribution in [0.2, 0.25) is 0 Å². The Hall–Kier alpha value is -1.01. The molecule has 102 valence electrons. The first-order valence-corrected chi connectivity index (χ1v) is 6.49. The van der Waals surface area contributed by atoms with Crippen molar-refractivity contribution in [3.63, 3.8) is 0 Å². The zero-order valence-electron chi connectivity index (χ0n) is 9.63. The molecular weight excluding hydrogens is 346 g/mol. The summed E-state index contributed by atoms with van der Waals surface area (Å²) in [5.41, 5.74) is -0.464. The van der Waals surface area contributed by atoms with Gasteiger partial charge < -0.3 is 4.42 Å². The molecule has 0 aliphatic heterocycles. The van der Waals surface area contributed by atoms with Crippen LogP contribution in [-0.2, 0) is 6.18 Å². The molecule has 7 heteroatoms. The maximum atomic E-state index is 12.8. The molecule has 0 radical (unpaired) electrons. The van der Waals surface area contributed by atoms with Gasteiger partial charge in [-0.05, 0) is 19.1 Å². The molecule has 1 aromatic carbocycles. The maximum absolute atomic E-state index is 12.8. The molecule has 0 N–H and O–H groups in total. The number of halogens is 5. The van der Waals surface area contributed by atoms with Crippen LogP contribution in [0.3, 0.4) is 0 Å². The largest absolute Gasteiger partial charge is 0.439 e. The molecule has 0 fully saturated rings. The number of alkyl halides is 4. The van der Waals surface area contributed by atoms with Crippen LogP contribution in [0, 0.1) is 0 Å². The highest BCUT2D eigenvalue weighted by atomic mass is 79.9. The van der Waals surface area contributed by atoms with Crippen LogP contribution in [0.25, 0.3) is 11.3 Å². The fourth-order valence-electron chi connectivity index (χ4n) is 1.50. The Morgan fingerprint density at radius 3 is 2.58 bits per heavy atom. The van der Waals surface area contributed by atoms with E-state index in [0.29, 0.717) is 5.56 Å². The Kier molecular flexibility index (Phi) is 3.92. The number of oxazole rings is 1. The van der Waals surface area contributed by atoms with Crippen molar-refractivity contribution < 1.29 is 17.6 Å². The van der Waals surface area contributed by atoms with E-state index in [2.05, 4.69) is 20.9 Å². The van der Waals surface area contributed by atoms with E-state index >= 15 is 0 Å². The van der Waals surface area contributed by atoms with Gasteiger partial charge in [-0.2, -0.15) is 13.2 Å². The second kappa shape index (κ2) is 5.17. The van der Waals surface area contributed by atoms with Gasteiger partial charge in [0.05, 0.1) is 11.8 Å². The fourth-order valence-corrected chi connectivity index (χ4v) is 2.07. The summed E-state index contributed by atoms with van der Waals surface area (Å²) in [7, 11) is 0. The molecule has 0 saturated heterocycles. The van der Waals surface area contributed by atoms with Crippen molar-refractivity contribution in [2.75, 3.05) is 0 Å². The Labute approximate surface area is 120 Å². The van der Waals surface area contributed by atoms with Gasteiger partial charge in [-0.1, -0.05) is 22.0 Å². The van der Waals surface area contributed by atoms with Crippen molar-refractivity contribution in [1.29, 1.82) is 0 Å². The number of rotatable bonds is 2. The third kappa shape index (κ3) is 3.12. The van der Waals surface area contributed by atoms with E-state index in [4.69, 9.17) is 16.0 Å². The van der Waals surface area contributed by atoms with Gasteiger partial charge in [-0.3, -0.25) is 0 Å². The molecule has 19 heavy (non-hydrogen) atoms. The van der Waals surface area contributed by atoms with Crippen LogP contribution in [0.1, 0.15) is 23.8 Å². The smallest absolute Gasteiger partial charge is 0.417 e. The molecule has 0 amide bonds. The highest BCUT2D eigenvalue weighted by Gasteiger charge is 2.33. The summed E-state index contributed by atoms with van der Waals surface area (Å²) in [5, 5.41) is -0.439. The first-order chi connectivity index (χ1) is 8.79. The molecule has 2 rings (SSSR count). The SMILES string of the molecule is CC(Cl)c1ncc(-c2ccc(Br)c(C(F)(F)F)c2)o1. The van der Waals surface area contributed by atoms with Crippen LogP contribution in [0.15, 0.2) is 33.3 Å². The van der Waals surface area contributed by atoms with Crippen molar-refractivity contribution in [2.45, 2.75) is 18.5 Å². The van der Waals surface area contributed by atoms with E-state index < -0.39 is 17.1 Å². The number of hydrogen-bond donors (Lipinski definition) is 0. The lowest BCUT2D eigenvalue weighted by Gasteiger charge is -2.10. The lowest BCUT2D eigenvalue weighted by atomic mass is 10.1. The van der Waals surface area contributed by atoms with E-state index in [-0.39, 0.29) is 16.1 Å². The zero-order chi connectivity index (χ0) is 14.2. The summed E-state index contributed by atoms with van der Waals surface area (Å²) in [6.45, 7) is 1.67. The molecule has 0 aliphatic rings. The van der Waals surface area contributed by atoms with E-state index in [1.165, 1.54) is 18.3 Å². The molecule has 0 spiro atoms. The fraction of sp³-hybridized carbons (Fsp3) is 0.250. The van der Waals surface area contributed by atoms with E-state index in [1.54, 1.807) is 6.92 Å². The monoisotopic (exact) mass is 353 g/mol. The Bertz CT molecular complexity index is 595. The minimum Gasteiger partial charge on any atom is -0.439 e. The number of nitrogens with zero attached hydrogens (tertiary/aromatic N) is 1. The normalized spacial score (nSPS) is 13.6. The second-order valence-corrected chi connectivity index (χ2v) is 5.38. The summed E-state index contributed by atoms with van der Waals surface area (Å²) in [5.74, 6) is 0.522. The Morgan fingerprint density at radius 2 is 2.05 bits per heavy atom. The third-order valence-corrected chi connectivity index (χ3v) is 3.30. The Balaban J connectivity index is 2.45. The van der Waals surface area contributed by atoms with Gasteiger partial charge in [0.25, 0.3) is 0 Å². The number of aromatic nitrogens is 1. The van der Waals surface area contributed by atoms with E-state index in [1.807, 2.05) is 0 Å². The minimum atomic E-state index is -4.43. The standard InChI is InChI=1S/C12H8BrClF3NO/c1-6(14)11-18-5-10(19-11)7-2-3-9(13)8(4-7)12(15,16)17/h2-6H,1H3. The van der Waals surface area contributed by atoms with Gasteiger partial charge >= 0.3 is 6.18 Å². The predicted molar refractivity (Wildman–Crippen MR) is 68.9 cm³/mol. The summed E-state index contributed by atoms with van der Waals surface area (Å²) < 4.78 is 43.6. The molecule has 1 heterocycles. The summed E-state index contributed by atoms with van der Waals surface area (Å²) >= 11 is 8.67. The van der Waals surface area contributed by atoms with Gasteiger partial charge in [-0.25, -0.2) is 4.98 Å². The lowest BCUT2D eigenvalue weighted by molar-refractivity contribution is -0.138. The molecule has 1 atom stereocenters. The summed E-state index contributed by atoms with van der Waals surface area (Å²) in [6.07, 6.45) is -3.07. The number of benzene rings is 1. The van der Waals surface area contributed by atoms with Gasteiger partial charge in [0.1, 0.15) is 5.38 Å². The molecule has 1 unspecified atom stereocenters. The molecule has 0 aliphatic carbocycles. The van der Waals surface area contributed by atoms with Gasteiger partial charge in [0.2, 0.25) is 5.89 Å². The van der Waals surface area contributed by atoms with Crippen LogP contribution in [0.4, 0.5) is 13.2 Å². The van der Waals surface area contributed by atoms with Crippen molar-refractivity contribution in [3.8, 4) is 11.3 Å². The highest BCUT2D eigenvalue weighted by molar-refractivity contribution is 9.10. The van der Waals surface area contributed by atoms with Gasteiger partial charge in [0.15, 0.2) is 5.76 Å². The molecule has 2 aromatic rings. The first-order valence-electron chi connectivity index (χ1n) is 5.26. The zero-order valence-corrected chi connectivity index (χ0v) is 12.0. The van der Waals surface area contributed by atoms with Crippen molar-refractivity contribution >= 4 is 27.5 Å². The molecule has 1 aromatic heterocycles. The summed E-state index contributed by atoms with van der Waals surface area (Å²) in [4.78, 5) is 3.91. The van der Waals surface area contributed by atoms with Crippen molar-refractivity contribution in [3.05, 3.63) is 40.3 Å². The average molecular weight is 355 g/mol. The lowest BCUT2D eigenvalue weighted by Crippen LogP contribution is -2.06. The predicted octanol–water partition coefficient (Wildman–Crippen LogP) is 5.42. The second-order valence-electron chi connectivity index (χ2n) is 3.87. The average Bonchev–Trinajstić information content (AvgIpc) is 2.77. The Morgan fingerprint density at radius 1 is 1.37 bits per heavy atom. The van der Waals surface area contributed by atoms with Gasteiger partial charge in [-0.15, -0.1) is 11.6 Å². The summed E-state index contributed by atoms with van der Waals surface area (Å²) in [6, 6.07) is 3.85. The first kappa shape index (κ1) is 14.4. The number of hydrogen-bond acceptors (Lipinski definition) is 2. The molecule has 0 bridgehead atoms.